The number of rotatable bonds is 4. The third-order valence-electron chi connectivity index (χ3n) is 4.10. The molecule has 0 saturated heterocycles. The van der Waals surface area contributed by atoms with Gasteiger partial charge in [-0.15, -0.1) is 5.10 Å². The van der Waals surface area contributed by atoms with Gasteiger partial charge in [-0.05, 0) is 35.4 Å². The standard InChI is InChI=1S/C15H18N4O2S/c1-2-6-11(5-1)19-15(16-17-18-19)22-10-12-9-20-13-7-3-4-8-14(13)21-12/h3-4,7-8,11-12H,1-2,5-6,9-10H2/t12-/m1/s1. The van der Waals surface area contributed by atoms with Gasteiger partial charge >= 0.3 is 0 Å². The largest absolute Gasteiger partial charge is 0.486 e. The number of tetrazole rings is 1. The fourth-order valence-electron chi connectivity index (χ4n) is 2.97. The lowest BCUT2D eigenvalue weighted by molar-refractivity contribution is 0.107. The molecule has 1 aromatic heterocycles. The van der Waals surface area contributed by atoms with Crippen molar-refractivity contribution in [2.75, 3.05) is 12.4 Å². The van der Waals surface area contributed by atoms with Gasteiger partial charge in [-0.2, -0.15) is 0 Å². The lowest BCUT2D eigenvalue weighted by atomic mass is 10.3. The van der Waals surface area contributed by atoms with E-state index in [-0.39, 0.29) is 6.10 Å². The van der Waals surface area contributed by atoms with E-state index in [2.05, 4.69) is 15.5 Å². The van der Waals surface area contributed by atoms with Crippen molar-refractivity contribution in [2.45, 2.75) is 43.0 Å². The molecule has 1 fully saturated rings. The molecule has 0 N–H and O–H groups in total. The van der Waals surface area contributed by atoms with E-state index in [1.165, 1.54) is 25.7 Å². The normalized spacial score (nSPS) is 21.2. The van der Waals surface area contributed by atoms with Crippen LogP contribution in [0.25, 0.3) is 0 Å². The molecule has 7 heteroatoms. The van der Waals surface area contributed by atoms with Crippen molar-refractivity contribution in [2.24, 2.45) is 0 Å². The maximum Gasteiger partial charge on any atom is 0.209 e. The highest BCUT2D eigenvalue weighted by molar-refractivity contribution is 7.99. The van der Waals surface area contributed by atoms with Gasteiger partial charge in [-0.25, -0.2) is 4.68 Å². The Kier molecular flexibility index (Phi) is 3.88. The zero-order chi connectivity index (χ0) is 14.8. The van der Waals surface area contributed by atoms with Crippen LogP contribution in [-0.4, -0.2) is 38.7 Å². The van der Waals surface area contributed by atoms with Gasteiger partial charge in [0.1, 0.15) is 12.7 Å². The zero-order valence-corrected chi connectivity index (χ0v) is 13.0. The Balaban J connectivity index is 1.39. The molecule has 4 rings (SSSR count). The van der Waals surface area contributed by atoms with Gasteiger partial charge < -0.3 is 9.47 Å². The second-order valence-corrected chi connectivity index (χ2v) is 6.64. The van der Waals surface area contributed by atoms with Gasteiger partial charge in [0, 0.05) is 5.75 Å². The predicted octanol–water partition coefficient (Wildman–Crippen LogP) is 2.72. The molecule has 0 radical (unpaired) electrons. The summed E-state index contributed by atoms with van der Waals surface area (Å²) in [5, 5.41) is 13.0. The van der Waals surface area contributed by atoms with Crippen molar-refractivity contribution in [1.29, 1.82) is 0 Å². The van der Waals surface area contributed by atoms with Crippen LogP contribution in [0.4, 0.5) is 0 Å². The highest BCUT2D eigenvalue weighted by Crippen LogP contribution is 2.34. The van der Waals surface area contributed by atoms with Gasteiger partial charge in [0.25, 0.3) is 0 Å². The summed E-state index contributed by atoms with van der Waals surface area (Å²) < 4.78 is 13.7. The summed E-state index contributed by atoms with van der Waals surface area (Å²) in [6.07, 6.45) is 4.91. The van der Waals surface area contributed by atoms with E-state index in [0.29, 0.717) is 12.6 Å². The van der Waals surface area contributed by atoms with E-state index >= 15 is 0 Å². The van der Waals surface area contributed by atoms with Crippen molar-refractivity contribution < 1.29 is 9.47 Å². The van der Waals surface area contributed by atoms with Crippen molar-refractivity contribution in [3.8, 4) is 11.5 Å². The van der Waals surface area contributed by atoms with Gasteiger partial charge in [0.05, 0.1) is 6.04 Å². The van der Waals surface area contributed by atoms with Crippen molar-refractivity contribution in [3.63, 3.8) is 0 Å². The first-order chi connectivity index (χ1) is 10.9. The van der Waals surface area contributed by atoms with Crippen molar-refractivity contribution >= 4 is 11.8 Å². The highest BCUT2D eigenvalue weighted by Gasteiger charge is 2.24. The molecule has 0 amide bonds. The number of fused-ring (bicyclic) bond motifs is 1. The molecule has 2 heterocycles. The summed E-state index contributed by atoms with van der Waals surface area (Å²) in [5.41, 5.74) is 0. The number of ether oxygens (including phenoxy) is 2. The van der Waals surface area contributed by atoms with Crippen LogP contribution >= 0.6 is 11.8 Å². The molecule has 1 aliphatic carbocycles. The minimum Gasteiger partial charge on any atom is -0.486 e. The Labute approximate surface area is 133 Å². The second kappa shape index (κ2) is 6.16. The molecule has 2 aromatic rings. The van der Waals surface area contributed by atoms with Crippen LogP contribution in [0.3, 0.4) is 0 Å². The first-order valence-corrected chi connectivity index (χ1v) is 8.68. The number of hydrogen-bond donors (Lipinski definition) is 0. The number of aromatic nitrogens is 4. The van der Waals surface area contributed by atoms with Gasteiger partial charge in [0.2, 0.25) is 5.16 Å². The molecule has 0 spiro atoms. The molecule has 1 aromatic carbocycles. The van der Waals surface area contributed by atoms with E-state index in [1.54, 1.807) is 11.8 Å². The van der Waals surface area contributed by atoms with Crippen molar-refractivity contribution in [1.82, 2.24) is 20.2 Å². The Bertz CT molecular complexity index is 642. The summed E-state index contributed by atoms with van der Waals surface area (Å²) in [4.78, 5) is 0. The maximum absolute atomic E-state index is 5.97. The summed E-state index contributed by atoms with van der Waals surface area (Å²) in [6, 6.07) is 8.24. The number of benzene rings is 1. The molecule has 0 unspecified atom stereocenters. The first kappa shape index (κ1) is 13.9. The number of hydrogen-bond acceptors (Lipinski definition) is 6. The zero-order valence-electron chi connectivity index (χ0n) is 12.2. The molecular weight excluding hydrogens is 300 g/mol. The van der Waals surface area contributed by atoms with Crippen LogP contribution in [0.1, 0.15) is 31.7 Å². The van der Waals surface area contributed by atoms with Crippen LogP contribution in [0.2, 0.25) is 0 Å². The van der Waals surface area contributed by atoms with Crippen molar-refractivity contribution in [3.05, 3.63) is 24.3 Å². The minimum atomic E-state index is 0.0219. The topological polar surface area (TPSA) is 62.1 Å². The Morgan fingerprint density at radius 2 is 2.00 bits per heavy atom. The molecule has 1 aliphatic heterocycles. The molecule has 22 heavy (non-hydrogen) atoms. The van der Waals surface area contributed by atoms with Crippen LogP contribution < -0.4 is 9.47 Å². The molecule has 1 saturated carbocycles. The van der Waals surface area contributed by atoms with Gasteiger partial charge in [0.15, 0.2) is 11.5 Å². The molecule has 116 valence electrons. The third-order valence-corrected chi connectivity index (χ3v) is 5.16. The van der Waals surface area contributed by atoms with E-state index in [9.17, 15) is 0 Å². The summed E-state index contributed by atoms with van der Waals surface area (Å²) in [7, 11) is 0. The van der Waals surface area contributed by atoms with Gasteiger partial charge in [-0.3, -0.25) is 0 Å². The second-order valence-electron chi connectivity index (χ2n) is 5.65. The first-order valence-electron chi connectivity index (χ1n) is 7.69. The van der Waals surface area contributed by atoms with E-state index in [1.807, 2.05) is 28.9 Å². The Hall–Kier alpha value is -1.76. The van der Waals surface area contributed by atoms with Crippen LogP contribution in [0.5, 0.6) is 11.5 Å². The molecule has 6 nitrogen and oxygen atoms in total. The van der Waals surface area contributed by atoms with E-state index in [4.69, 9.17) is 9.47 Å². The molecule has 1 atom stereocenters. The lowest BCUT2D eigenvalue weighted by Crippen LogP contribution is -2.31. The minimum absolute atomic E-state index is 0.0219. The average molecular weight is 318 g/mol. The fourth-order valence-corrected chi connectivity index (χ4v) is 3.88. The number of para-hydroxylation sites is 2. The number of thioether (sulfide) groups is 1. The molecule has 2 aliphatic rings. The fraction of sp³-hybridized carbons (Fsp3) is 0.533. The van der Waals surface area contributed by atoms with Crippen LogP contribution in [-0.2, 0) is 0 Å². The monoisotopic (exact) mass is 318 g/mol. The summed E-state index contributed by atoms with van der Waals surface area (Å²) >= 11 is 1.64. The average Bonchev–Trinajstić information content (AvgIpc) is 3.23. The third kappa shape index (κ3) is 2.77. The van der Waals surface area contributed by atoms with Crippen LogP contribution in [0.15, 0.2) is 29.4 Å². The lowest BCUT2D eigenvalue weighted by Gasteiger charge is -2.26. The van der Waals surface area contributed by atoms with E-state index in [0.717, 1.165) is 22.4 Å². The van der Waals surface area contributed by atoms with E-state index < -0.39 is 0 Å². The number of nitrogens with zero attached hydrogens (tertiary/aromatic N) is 4. The predicted molar refractivity (Wildman–Crippen MR) is 82.4 cm³/mol. The SMILES string of the molecule is c1ccc2c(c1)OC[C@H](CSc1nnnn1C1CCCC1)O2. The molecular formula is C15H18N4O2S. The van der Waals surface area contributed by atoms with Crippen LogP contribution in [0, 0.1) is 0 Å². The molecule has 0 bridgehead atoms. The smallest absolute Gasteiger partial charge is 0.209 e. The summed E-state index contributed by atoms with van der Waals surface area (Å²) in [6.45, 7) is 0.564. The maximum atomic E-state index is 5.97. The summed E-state index contributed by atoms with van der Waals surface area (Å²) in [5.74, 6) is 2.41. The Morgan fingerprint density at radius 3 is 2.86 bits per heavy atom. The highest BCUT2D eigenvalue weighted by atomic mass is 32.2. The van der Waals surface area contributed by atoms with Gasteiger partial charge in [-0.1, -0.05) is 36.7 Å². The quantitative estimate of drug-likeness (QED) is 0.808. The Morgan fingerprint density at radius 1 is 1.18 bits per heavy atom.